The fourth-order valence-corrected chi connectivity index (χ4v) is 2.53. The summed E-state index contributed by atoms with van der Waals surface area (Å²) in [6, 6.07) is 15.5. The molecule has 0 aliphatic heterocycles. The monoisotopic (exact) mass is 294 g/mol. The van der Waals surface area contributed by atoms with Gasteiger partial charge in [-0.15, -0.1) is 0 Å². The van der Waals surface area contributed by atoms with Crippen molar-refractivity contribution in [1.82, 2.24) is 0 Å². The highest BCUT2D eigenvalue weighted by Gasteiger charge is 2.18. The minimum absolute atomic E-state index is 0.00593. The molecular formula is C15H16Cl2N2. The van der Waals surface area contributed by atoms with Crippen LogP contribution in [0.25, 0.3) is 0 Å². The van der Waals surface area contributed by atoms with Crippen LogP contribution in [0.15, 0.2) is 48.5 Å². The van der Waals surface area contributed by atoms with Gasteiger partial charge < -0.3 is 10.6 Å². The highest BCUT2D eigenvalue weighted by atomic mass is 35.5. The van der Waals surface area contributed by atoms with Crippen LogP contribution in [0, 0.1) is 0 Å². The molecule has 0 heterocycles. The highest BCUT2D eigenvalue weighted by Crippen LogP contribution is 2.31. The molecule has 0 aliphatic rings. The maximum absolute atomic E-state index is 6.26. The molecule has 2 N–H and O–H groups in total. The second-order valence-electron chi connectivity index (χ2n) is 4.36. The summed E-state index contributed by atoms with van der Waals surface area (Å²) in [5.41, 5.74) is 7.96. The summed E-state index contributed by atoms with van der Waals surface area (Å²) < 4.78 is 0. The average Bonchev–Trinajstić information content (AvgIpc) is 2.44. The van der Waals surface area contributed by atoms with Crippen LogP contribution in [0.1, 0.15) is 11.6 Å². The molecule has 2 rings (SSSR count). The minimum Gasteiger partial charge on any atom is -0.366 e. The Morgan fingerprint density at radius 2 is 1.79 bits per heavy atom. The summed E-state index contributed by atoms with van der Waals surface area (Å²) in [6.45, 7) is 0.464. The number of rotatable bonds is 4. The number of halogens is 2. The van der Waals surface area contributed by atoms with Crippen molar-refractivity contribution >= 4 is 28.9 Å². The van der Waals surface area contributed by atoms with Crippen LogP contribution < -0.4 is 10.6 Å². The Labute approximate surface area is 123 Å². The zero-order chi connectivity index (χ0) is 13.8. The second-order valence-corrected chi connectivity index (χ2v) is 5.21. The third-order valence-electron chi connectivity index (χ3n) is 3.17. The van der Waals surface area contributed by atoms with Crippen LogP contribution in [0.4, 0.5) is 5.69 Å². The van der Waals surface area contributed by atoms with Crippen molar-refractivity contribution < 1.29 is 0 Å². The van der Waals surface area contributed by atoms with Gasteiger partial charge in [0.05, 0.1) is 6.04 Å². The molecule has 1 atom stereocenters. The van der Waals surface area contributed by atoms with E-state index in [9.17, 15) is 0 Å². The minimum atomic E-state index is -0.00593. The van der Waals surface area contributed by atoms with E-state index in [-0.39, 0.29) is 6.04 Å². The van der Waals surface area contributed by atoms with E-state index in [1.807, 2.05) is 43.4 Å². The lowest BCUT2D eigenvalue weighted by atomic mass is 10.0. The van der Waals surface area contributed by atoms with Crippen molar-refractivity contribution in [2.75, 3.05) is 18.5 Å². The Kier molecular flexibility index (Phi) is 4.70. The van der Waals surface area contributed by atoms with Crippen molar-refractivity contribution in [3.05, 3.63) is 64.1 Å². The van der Waals surface area contributed by atoms with Gasteiger partial charge in [-0.2, -0.15) is 0 Å². The third kappa shape index (κ3) is 3.21. The Hall–Kier alpha value is -1.22. The molecule has 0 radical (unpaired) electrons. The first kappa shape index (κ1) is 14.2. The Balaban J connectivity index is 2.37. The van der Waals surface area contributed by atoms with Gasteiger partial charge in [0, 0.05) is 29.3 Å². The fourth-order valence-electron chi connectivity index (χ4n) is 2.11. The predicted octanol–water partition coefficient (Wildman–Crippen LogP) is 4.13. The van der Waals surface area contributed by atoms with E-state index in [2.05, 4.69) is 4.90 Å². The van der Waals surface area contributed by atoms with Gasteiger partial charge >= 0.3 is 0 Å². The first-order valence-corrected chi connectivity index (χ1v) is 6.82. The summed E-state index contributed by atoms with van der Waals surface area (Å²) in [7, 11) is 2.00. The van der Waals surface area contributed by atoms with Crippen molar-refractivity contribution in [2.45, 2.75) is 6.04 Å². The van der Waals surface area contributed by atoms with E-state index in [4.69, 9.17) is 28.9 Å². The van der Waals surface area contributed by atoms with E-state index in [1.165, 1.54) is 0 Å². The lowest BCUT2D eigenvalue weighted by Crippen LogP contribution is -2.30. The van der Waals surface area contributed by atoms with Crippen molar-refractivity contribution in [2.24, 2.45) is 5.73 Å². The quantitative estimate of drug-likeness (QED) is 0.919. The molecule has 0 saturated heterocycles. The molecule has 2 aromatic carbocycles. The van der Waals surface area contributed by atoms with Gasteiger partial charge in [0.1, 0.15) is 0 Å². The summed E-state index contributed by atoms with van der Waals surface area (Å²) in [6.07, 6.45) is 0. The lowest BCUT2D eigenvalue weighted by Gasteiger charge is -2.30. The summed E-state index contributed by atoms with van der Waals surface area (Å²) in [4.78, 5) is 2.11. The summed E-state index contributed by atoms with van der Waals surface area (Å²) in [5, 5.41) is 1.35. The average molecular weight is 295 g/mol. The van der Waals surface area contributed by atoms with Crippen LogP contribution >= 0.6 is 23.2 Å². The van der Waals surface area contributed by atoms with Gasteiger partial charge in [-0.25, -0.2) is 0 Å². The number of nitrogens with zero attached hydrogens (tertiary/aromatic N) is 1. The molecule has 19 heavy (non-hydrogen) atoms. The molecule has 0 aromatic heterocycles. The molecule has 0 bridgehead atoms. The van der Waals surface area contributed by atoms with Crippen LogP contribution in [0.5, 0.6) is 0 Å². The molecule has 1 unspecified atom stereocenters. The maximum atomic E-state index is 6.26. The molecule has 2 nitrogen and oxygen atoms in total. The van der Waals surface area contributed by atoms with E-state index in [0.717, 1.165) is 11.3 Å². The van der Waals surface area contributed by atoms with Gasteiger partial charge in [0.2, 0.25) is 0 Å². The topological polar surface area (TPSA) is 29.3 Å². The SMILES string of the molecule is CN(c1ccccc1)C(CN)c1cc(Cl)ccc1Cl. The van der Waals surface area contributed by atoms with Crippen molar-refractivity contribution in [3.8, 4) is 0 Å². The van der Waals surface area contributed by atoms with E-state index >= 15 is 0 Å². The van der Waals surface area contributed by atoms with Crippen LogP contribution in [0.2, 0.25) is 10.0 Å². The Bertz CT molecular complexity index is 543. The predicted molar refractivity (Wildman–Crippen MR) is 83.1 cm³/mol. The molecule has 0 spiro atoms. The van der Waals surface area contributed by atoms with Crippen molar-refractivity contribution in [3.63, 3.8) is 0 Å². The van der Waals surface area contributed by atoms with E-state index in [1.54, 1.807) is 12.1 Å². The maximum Gasteiger partial charge on any atom is 0.0676 e. The van der Waals surface area contributed by atoms with E-state index < -0.39 is 0 Å². The van der Waals surface area contributed by atoms with Crippen molar-refractivity contribution in [1.29, 1.82) is 0 Å². The summed E-state index contributed by atoms with van der Waals surface area (Å²) in [5.74, 6) is 0. The van der Waals surface area contributed by atoms with Gasteiger partial charge in [0.25, 0.3) is 0 Å². The zero-order valence-corrected chi connectivity index (χ0v) is 12.2. The number of para-hydroxylation sites is 1. The number of hydrogen-bond acceptors (Lipinski definition) is 2. The van der Waals surface area contributed by atoms with Gasteiger partial charge in [-0.05, 0) is 35.9 Å². The molecule has 100 valence electrons. The smallest absolute Gasteiger partial charge is 0.0676 e. The summed E-state index contributed by atoms with van der Waals surface area (Å²) >= 11 is 12.3. The zero-order valence-electron chi connectivity index (χ0n) is 10.7. The number of hydrogen-bond donors (Lipinski definition) is 1. The normalized spacial score (nSPS) is 12.2. The van der Waals surface area contributed by atoms with Crippen LogP contribution in [0.3, 0.4) is 0 Å². The number of likely N-dealkylation sites (N-methyl/N-ethyl adjacent to an activating group) is 1. The molecule has 0 fully saturated rings. The highest BCUT2D eigenvalue weighted by molar-refractivity contribution is 6.33. The Morgan fingerprint density at radius 1 is 1.11 bits per heavy atom. The largest absolute Gasteiger partial charge is 0.366 e. The molecular weight excluding hydrogens is 279 g/mol. The Morgan fingerprint density at radius 3 is 2.42 bits per heavy atom. The first-order chi connectivity index (χ1) is 9.13. The number of benzene rings is 2. The fraction of sp³-hybridized carbons (Fsp3) is 0.200. The number of anilines is 1. The van der Waals surface area contributed by atoms with Crippen LogP contribution in [-0.2, 0) is 0 Å². The van der Waals surface area contributed by atoms with Crippen LogP contribution in [-0.4, -0.2) is 13.6 Å². The van der Waals surface area contributed by atoms with Gasteiger partial charge in [-0.3, -0.25) is 0 Å². The van der Waals surface area contributed by atoms with Gasteiger partial charge in [0.15, 0.2) is 0 Å². The lowest BCUT2D eigenvalue weighted by molar-refractivity contribution is 0.681. The molecule has 4 heteroatoms. The molecule has 2 aromatic rings. The molecule has 0 aliphatic carbocycles. The second kappa shape index (κ2) is 6.29. The third-order valence-corrected chi connectivity index (χ3v) is 3.75. The van der Waals surface area contributed by atoms with Gasteiger partial charge in [-0.1, -0.05) is 41.4 Å². The first-order valence-electron chi connectivity index (χ1n) is 6.06. The molecule has 0 amide bonds. The molecule has 0 saturated carbocycles. The van der Waals surface area contributed by atoms with E-state index in [0.29, 0.717) is 16.6 Å². The standard InChI is InChI=1S/C15H16Cl2N2/c1-19(12-5-3-2-4-6-12)15(10-18)13-9-11(16)7-8-14(13)17/h2-9,15H,10,18H2,1H3. The number of nitrogens with two attached hydrogens (primary N) is 1.